The van der Waals surface area contributed by atoms with Gasteiger partial charge in [0.1, 0.15) is 0 Å². The minimum Gasteiger partial charge on any atom is -0.308 e. The van der Waals surface area contributed by atoms with Gasteiger partial charge in [0.25, 0.3) is 0 Å². The van der Waals surface area contributed by atoms with Crippen molar-refractivity contribution < 1.29 is 8.78 Å². The maximum absolute atomic E-state index is 13.7. The van der Waals surface area contributed by atoms with E-state index in [-0.39, 0.29) is 6.04 Å². The van der Waals surface area contributed by atoms with Crippen LogP contribution in [0.15, 0.2) is 29.1 Å². The van der Waals surface area contributed by atoms with E-state index in [0.29, 0.717) is 12.0 Å². The summed E-state index contributed by atoms with van der Waals surface area (Å²) in [6.45, 7) is 2.88. The van der Waals surface area contributed by atoms with Gasteiger partial charge in [0.15, 0.2) is 11.6 Å². The first kappa shape index (κ1) is 14.1. The highest BCUT2D eigenvalue weighted by molar-refractivity contribution is 7.07. The number of hydrogen-bond donors (Lipinski definition) is 1. The third-order valence-corrected chi connectivity index (χ3v) is 3.51. The van der Waals surface area contributed by atoms with Crippen molar-refractivity contribution >= 4 is 11.3 Å². The van der Waals surface area contributed by atoms with E-state index >= 15 is 0 Å². The molecule has 102 valence electrons. The fourth-order valence-electron chi connectivity index (χ4n) is 1.92. The Bertz CT molecular complexity index is 514. The standard InChI is InChI=1S/C14H16F2N2S/c1-2-6-17-12(13-8-19-9-18-13)7-10-4-3-5-11(15)14(10)16/h3-5,8-9,12,17H,2,6-7H2,1H3. The van der Waals surface area contributed by atoms with Gasteiger partial charge in [-0.25, -0.2) is 13.8 Å². The predicted octanol–water partition coefficient (Wildman–Crippen LogP) is 3.70. The molecule has 0 saturated heterocycles. The SMILES string of the molecule is CCCNC(Cc1cccc(F)c1F)c1cscn1. The fourth-order valence-corrected chi connectivity index (χ4v) is 2.53. The van der Waals surface area contributed by atoms with Gasteiger partial charge in [0, 0.05) is 5.38 Å². The Balaban J connectivity index is 2.18. The van der Waals surface area contributed by atoms with Gasteiger partial charge in [0.2, 0.25) is 0 Å². The first-order valence-corrected chi connectivity index (χ1v) is 7.21. The van der Waals surface area contributed by atoms with Crippen LogP contribution in [0.25, 0.3) is 0 Å². The molecule has 0 aliphatic rings. The van der Waals surface area contributed by atoms with Crippen LogP contribution in [0.2, 0.25) is 0 Å². The fraction of sp³-hybridized carbons (Fsp3) is 0.357. The second-order valence-corrected chi connectivity index (χ2v) is 5.06. The third-order valence-electron chi connectivity index (χ3n) is 2.90. The minimum absolute atomic E-state index is 0.0810. The van der Waals surface area contributed by atoms with Crippen molar-refractivity contribution in [2.24, 2.45) is 0 Å². The summed E-state index contributed by atoms with van der Waals surface area (Å²) < 4.78 is 26.9. The molecule has 1 aromatic heterocycles. The molecule has 0 saturated carbocycles. The largest absolute Gasteiger partial charge is 0.308 e. The lowest BCUT2D eigenvalue weighted by Gasteiger charge is -2.17. The molecule has 5 heteroatoms. The molecule has 1 aromatic carbocycles. The van der Waals surface area contributed by atoms with Gasteiger partial charge in [-0.3, -0.25) is 0 Å². The van der Waals surface area contributed by atoms with E-state index in [0.717, 1.165) is 24.7 Å². The van der Waals surface area contributed by atoms with Crippen LogP contribution < -0.4 is 5.32 Å². The second kappa shape index (κ2) is 6.73. The van der Waals surface area contributed by atoms with E-state index < -0.39 is 11.6 Å². The van der Waals surface area contributed by atoms with Crippen LogP contribution in [0.5, 0.6) is 0 Å². The molecular formula is C14H16F2N2S. The molecule has 0 aliphatic heterocycles. The van der Waals surface area contributed by atoms with Crippen molar-refractivity contribution in [3.05, 3.63) is 52.0 Å². The Morgan fingerprint density at radius 3 is 2.89 bits per heavy atom. The number of benzene rings is 1. The number of hydrogen-bond acceptors (Lipinski definition) is 3. The van der Waals surface area contributed by atoms with Crippen LogP contribution in [0.3, 0.4) is 0 Å². The summed E-state index contributed by atoms with van der Waals surface area (Å²) >= 11 is 1.50. The lowest BCUT2D eigenvalue weighted by molar-refractivity contribution is 0.474. The van der Waals surface area contributed by atoms with Gasteiger partial charge in [-0.05, 0) is 31.0 Å². The minimum atomic E-state index is -0.801. The lowest BCUT2D eigenvalue weighted by Crippen LogP contribution is -2.24. The Labute approximate surface area is 115 Å². The van der Waals surface area contributed by atoms with Gasteiger partial charge in [-0.1, -0.05) is 19.1 Å². The first-order chi connectivity index (χ1) is 9.22. The highest BCUT2D eigenvalue weighted by Crippen LogP contribution is 2.21. The van der Waals surface area contributed by atoms with Crippen LogP contribution in [-0.4, -0.2) is 11.5 Å². The van der Waals surface area contributed by atoms with E-state index in [1.807, 2.05) is 5.38 Å². The number of rotatable bonds is 6. The van der Waals surface area contributed by atoms with Crippen LogP contribution >= 0.6 is 11.3 Å². The van der Waals surface area contributed by atoms with Gasteiger partial charge < -0.3 is 5.32 Å². The molecule has 0 amide bonds. The normalized spacial score (nSPS) is 12.6. The number of nitrogens with zero attached hydrogens (tertiary/aromatic N) is 1. The molecule has 1 atom stereocenters. The van der Waals surface area contributed by atoms with Gasteiger partial charge >= 0.3 is 0 Å². The molecule has 1 heterocycles. The van der Waals surface area contributed by atoms with E-state index in [1.165, 1.54) is 17.4 Å². The summed E-state index contributed by atoms with van der Waals surface area (Å²) in [5.41, 5.74) is 3.00. The van der Waals surface area contributed by atoms with Crippen molar-refractivity contribution in [1.29, 1.82) is 0 Å². The molecule has 2 aromatic rings. The summed E-state index contributed by atoms with van der Waals surface area (Å²) in [5, 5.41) is 5.26. The van der Waals surface area contributed by atoms with Gasteiger partial charge in [0.05, 0.1) is 17.2 Å². The number of nitrogens with one attached hydrogen (secondary N) is 1. The van der Waals surface area contributed by atoms with E-state index in [1.54, 1.807) is 11.6 Å². The van der Waals surface area contributed by atoms with Crippen LogP contribution in [0, 0.1) is 11.6 Å². The molecular weight excluding hydrogens is 266 g/mol. The Morgan fingerprint density at radius 2 is 2.21 bits per heavy atom. The van der Waals surface area contributed by atoms with Crippen molar-refractivity contribution in [3.63, 3.8) is 0 Å². The topological polar surface area (TPSA) is 24.9 Å². The zero-order valence-electron chi connectivity index (χ0n) is 10.7. The van der Waals surface area contributed by atoms with Crippen molar-refractivity contribution in [1.82, 2.24) is 10.3 Å². The number of thiazole rings is 1. The summed E-state index contributed by atoms with van der Waals surface area (Å²) in [4.78, 5) is 4.26. The molecule has 2 rings (SSSR count). The van der Waals surface area contributed by atoms with E-state index in [4.69, 9.17) is 0 Å². The Kier molecular flexibility index (Phi) is 4.99. The second-order valence-electron chi connectivity index (χ2n) is 4.34. The average Bonchev–Trinajstić information content (AvgIpc) is 2.93. The summed E-state index contributed by atoms with van der Waals surface area (Å²) in [7, 11) is 0. The molecule has 1 unspecified atom stereocenters. The highest BCUT2D eigenvalue weighted by Gasteiger charge is 2.17. The van der Waals surface area contributed by atoms with Crippen LogP contribution in [0.4, 0.5) is 8.78 Å². The van der Waals surface area contributed by atoms with Crippen molar-refractivity contribution in [3.8, 4) is 0 Å². The van der Waals surface area contributed by atoms with Gasteiger partial charge in [-0.2, -0.15) is 0 Å². The zero-order chi connectivity index (χ0) is 13.7. The maximum atomic E-state index is 13.7. The molecule has 0 bridgehead atoms. The van der Waals surface area contributed by atoms with E-state index in [9.17, 15) is 8.78 Å². The average molecular weight is 282 g/mol. The zero-order valence-corrected chi connectivity index (χ0v) is 11.5. The quantitative estimate of drug-likeness (QED) is 0.873. The molecule has 2 nitrogen and oxygen atoms in total. The monoisotopic (exact) mass is 282 g/mol. The maximum Gasteiger partial charge on any atom is 0.162 e. The smallest absolute Gasteiger partial charge is 0.162 e. The highest BCUT2D eigenvalue weighted by atomic mass is 32.1. The lowest BCUT2D eigenvalue weighted by atomic mass is 10.0. The number of halogens is 2. The van der Waals surface area contributed by atoms with E-state index in [2.05, 4.69) is 17.2 Å². The predicted molar refractivity (Wildman–Crippen MR) is 73.2 cm³/mol. The molecule has 0 spiro atoms. The molecule has 0 fully saturated rings. The summed E-state index contributed by atoms with van der Waals surface area (Å²) in [5.74, 6) is -1.56. The Morgan fingerprint density at radius 1 is 1.37 bits per heavy atom. The van der Waals surface area contributed by atoms with Crippen molar-refractivity contribution in [2.75, 3.05) is 6.54 Å². The van der Waals surface area contributed by atoms with Crippen LogP contribution in [0.1, 0.15) is 30.6 Å². The van der Waals surface area contributed by atoms with Crippen molar-refractivity contribution in [2.45, 2.75) is 25.8 Å². The molecule has 0 aliphatic carbocycles. The summed E-state index contributed by atoms with van der Waals surface area (Å²) in [6, 6.07) is 4.20. The molecule has 19 heavy (non-hydrogen) atoms. The number of aromatic nitrogens is 1. The molecule has 0 radical (unpaired) electrons. The summed E-state index contributed by atoms with van der Waals surface area (Å²) in [6.07, 6.45) is 1.37. The van der Waals surface area contributed by atoms with Gasteiger partial charge in [-0.15, -0.1) is 11.3 Å². The Hall–Kier alpha value is -1.33. The molecule has 1 N–H and O–H groups in total. The third kappa shape index (κ3) is 3.58. The van der Waals surface area contributed by atoms with Crippen LogP contribution in [-0.2, 0) is 6.42 Å². The first-order valence-electron chi connectivity index (χ1n) is 6.26.